The summed E-state index contributed by atoms with van der Waals surface area (Å²) in [4.78, 5) is 0. The van der Waals surface area contributed by atoms with Gasteiger partial charge >= 0.3 is 0 Å². The third-order valence-electron chi connectivity index (χ3n) is 2.07. The molecular weight excluding hydrogens is 195 g/mol. The van der Waals surface area contributed by atoms with E-state index in [1.165, 1.54) is 18.2 Å². The van der Waals surface area contributed by atoms with Crippen LogP contribution >= 0.6 is 0 Å². The first kappa shape index (κ1) is 9.52. The minimum absolute atomic E-state index is 0.0302. The summed E-state index contributed by atoms with van der Waals surface area (Å²) in [5, 5.41) is 18.5. The van der Waals surface area contributed by atoms with E-state index in [0.29, 0.717) is 11.1 Å². The van der Waals surface area contributed by atoms with Crippen molar-refractivity contribution in [2.24, 2.45) is 0 Å². The second-order valence-electron chi connectivity index (χ2n) is 3.10. The molecule has 0 heterocycles. The molecular formula is C12H8FO2. The summed E-state index contributed by atoms with van der Waals surface area (Å²) in [5.41, 5.74) is 0.889. The molecule has 0 aliphatic heterocycles. The lowest BCUT2D eigenvalue weighted by molar-refractivity contribution is 0.432. The second kappa shape index (κ2) is 3.61. The molecule has 0 amide bonds. The van der Waals surface area contributed by atoms with E-state index in [4.69, 9.17) is 5.11 Å². The quantitative estimate of drug-likeness (QED) is 0.748. The van der Waals surface area contributed by atoms with Crippen molar-refractivity contribution in [3.63, 3.8) is 0 Å². The van der Waals surface area contributed by atoms with Gasteiger partial charge < -0.3 is 10.2 Å². The number of benzene rings is 2. The Morgan fingerprint density at radius 3 is 2.53 bits per heavy atom. The maximum absolute atomic E-state index is 13.1. The van der Waals surface area contributed by atoms with Gasteiger partial charge in [-0.3, -0.25) is 0 Å². The highest BCUT2D eigenvalue weighted by atomic mass is 19.1. The molecule has 3 heteroatoms. The number of halogens is 1. The maximum atomic E-state index is 13.1. The maximum Gasteiger partial charge on any atom is 0.165 e. The Hall–Kier alpha value is -2.03. The lowest BCUT2D eigenvalue weighted by Gasteiger charge is -2.04. The number of rotatable bonds is 1. The molecule has 0 saturated carbocycles. The van der Waals surface area contributed by atoms with Crippen LogP contribution in [0.4, 0.5) is 4.39 Å². The van der Waals surface area contributed by atoms with Gasteiger partial charge in [0.15, 0.2) is 11.6 Å². The van der Waals surface area contributed by atoms with E-state index in [1.807, 2.05) is 0 Å². The molecule has 2 aromatic rings. The van der Waals surface area contributed by atoms with Crippen molar-refractivity contribution in [1.82, 2.24) is 0 Å². The molecule has 0 unspecified atom stereocenters. The van der Waals surface area contributed by atoms with E-state index in [1.54, 1.807) is 12.1 Å². The Morgan fingerprint density at radius 2 is 1.87 bits per heavy atom. The van der Waals surface area contributed by atoms with E-state index >= 15 is 0 Å². The van der Waals surface area contributed by atoms with Crippen LogP contribution < -0.4 is 0 Å². The Morgan fingerprint density at radius 1 is 1.07 bits per heavy atom. The molecule has 15 heavy (non-hydrogen) atoms. The minimum atomic E-state index is -0.718. The van der Waals surface area contributed by atoms with Gasteiger partial charge in [-0.25, -0.2) is 4.39 Å². The molecule has 0 atom stereocenters. The monoisotopic (exact) mass is 203 g/mol. The Kier molecular flexibility index (Phi) is 2.29. The van der Waals surface area contributed by atoms with Crippen molar-refractivity contribution < 1.29 is 14.6 Å². The summed E-state index contributed by atoms with van der Waals surface area (Å²) in [6.07, 6.45) is 0. The van der Waals surface area contributed by atoms with Crippen molar-refractivity contribution in [2.45, 2.75) is 0 Å². The third kappa shape index (κ3) is 1.76. The predicted molar refractivity (Wildman–Crippen MR) is 54.0 cm³/mol. The molecule has 0 fully saturated rings. The first-order valence-electron chi connectivity index (χ1n) is 4.37. The minimum Gasteiger partial charge on any atom is -0.507 e. The number of phenols is 2. The van der Waals surface area contributed by atoms with Gasteiger partial charge in [0.1, 0.15) is 5.75 Å². The van der Waals surface area contributed by atoms with Crippen LogP contribution in [0, 0.1) is 11.9 Å². The van der Waals surface area contributed by atoms with E-state index < -0.39 is 11.6 Å². The topological polar surface area (TPSA) is 40.5 Å². The van der Waals surface area contributed by atoms with Gasteiger partial charge in [-0.05, 0) is 29.8 Å². The summed E-state index contributed by atoms with van der Waals surface area (Å²) >= 11 is 0. The van der Waals surface area contributed by atoms with Gasteiger partial charge in [0, 0.05) is 5.56 Å². The fourth-order valence-corrected chi connectivity index (χ4v) is 1.32. The highest BCUT2D eigenvalue weighted by Crippen LogP contribution is 2.30. The van der Waals surface area contributed by atoms with Crippen molar-refractivity contribution in [3.8, 4) is 22.6 Å². The Bertz CT molecular complexity index is 495. The lowest BCUT2D eigenvalue weighted by Crippen LogP contribution is -1.82. The number of hydrogen-bond donors (Lipinski definition) is 2. The lowest BCUT2D eigenvalue weighted by atomic mass is 10.0. The molecule has 0 saturated heterocycles. The summed E-state index contributed by atoms with van der Waals surface area (Å²) < 4.78 is 13.1. The van der Waals surface area contributed by atoms with Gasteiger partial charge in [0.2, 0.25) is 0 Å². The highest BCUT2D eigenvalue weighted by Gasteiger charge is 2.06. The van der Waals surface area contributed by atoms with Crippen LogP contribution in [-0.4, -0.2) is 10.2 Å². The summed E-state index contributed by atoms with van der Waals surface area (Å²) in [7, 11) is 0. The van der Waals surface area contributed by atoms with Gasteiger partial charge in [0.05, 0.1) is 0 Å². The fourth-order valence-electron chi connectivity index (χ4n) is 1.32. The van der Waals surface area contributed by atoms with Crippen molar-refractivity contribution in [1.29, 1.82) is 0 Å². The number of hydrogen-bond acceptors (Lipinski definition) is 2. The molecule has 0 spiro atoms. The van der Waals surface area contributed by atoms with Crippen LogP contribution in [0.5, 0.6) is 11.5 Å². The average molecular weight is 203 g/mol. The smallest absolute Gasteiger partial charge is 0.165 e. The van der Waals surface area contributed by atoms with Crippen LogP contribution in [0.25, 0.3) is 11.1 Å². The largest absolute Gasteiger partial charge is 0.507 e. The van der Waals surface area contributed by atoms with E-state index in [0.717, 1.165) is 6.07 Å². The van der Waals surface area contributed by atoms with Crippen molar-refractivity contribution >= 4 is 0 Å². The molecule has 75 valence electrons. The first-order chi connectivity index (χ1) is 7.18. The molecule has 2 nitrogen and oxygen atoms in total. The number of phenolic OH excluding ortho intramolecular Hbond substituents is 2. The van der Waals surface area contributed by atoms with Gasteiger partial charge in [-0.2, -0.15) is 0 Å². The zero-order valence-corrected chi connectivity index (χ0v) is 7.74. The normalized spacial score (nSPS) is 10.2. The van der Waals surface area contributed by atoms with Crippen LogP contribution in [-0.2, 0) is 0 Å². The zero-order valence-electron chi connectivity index (χ0n) is 7.74. The SMILES string of the molecule is Oc1ccc[c]c1-c1ccc(O)c(F)c1. The predicted octanol–water partition coefficient (Wildman–Crippen LogP) is 2.70. The Labute approximate surface area is 86.2 Å². The Balaban J connectivity index is 2.55. The van der Waals surface area contributed by atoms with Gasteiger partial charge in [-0.15, -0.1) is 0 Å². The van der Waals surface area contributed by atoms with Crippen LogP contribution in [0.3, 0.4) is 0 Å². The van der Waals surface area contributed by atoms with E-state index in [2.05, 4.69) is 6.07 Å². The molecule has 2 N–H and O–H groups in total. The summed E-state index contributed by atoms with van der Waals surface area (Å²) in [5.74, 6) is -1.10. The molecule has 0 aromatic heterocycles. The van der Waals surface area contributed by atoms with Crippen molar-refractivity contribution in [3.05, 3.63) is 48.3 Å². The third-order valence-corrected chi connectivity index (χ3v) is 2.07. The highest BCUT2D eigenvalue weighted by molar-refractivity contribution is 5.69. The first-order valence-corrected chi connectivity index (χ1v) is 4.37. The van der Waals surface area contributed by atoms with Gasteiger partial charge in [0.25, 0.3) is 0 Å². The molecule has 0 aliphatic rings. The zero-order chi connectivity index (χ0) is 10.8. The molecule has 2 rings (SSSR count). The van der Waals surface area contributed by atoms with Crippen LogP contribution in [0.1, 0.15) is 0 Å². The average Bonchev–Trinajstić information content (AvgIpc) is 2.23. The molecule has 2 aromatic carbocycles. The second-order valence-corrected chi connectivity index (χ2v) is 3.10. The standard InChI is InChI=1S/C12H8FO2/c13-10-7-8(5-6-12(10)15)9-3-1-2-4-11(9)14/h1-2,4-7,14-15H. The van der Waals surface area contributed by atoms with Gasteiger partial charge in [-0.1, -0.05) is 18.2 Å². The van der Waals surface area contributed by atoms with E-state index in [-0.39, 0.29) is 5.75 Å². The van der Waals surface area contributed by atoms with Crippen molar-refractivity contribution in [2.75, 3.05) is 0 Å². The van der Waals surface area contributed by atoms with Crippen LogP contribution in [0.2, 0.25) is 0 Å². The fraction of sp³-hybridized carbons (Fsp3) is 0. The van der Waals surface area contributed by atoms with E-state index in [9.17, 15) is 9.50 Å². The molecule has 0 aliphatic carbocycles. The van der Waals surface area contributed by atoms with Crippen LogP contribution in [0.15, 0.2) is 36.4 Å². The summed E-state index contributed by atoms with van der Waals surface area (Å²) in [6, 6.07) is 11.5. The number of aromatic hydroxyl groups is 2. The molecule has 1 radical (unpaired) electrons. The summed E-state index contributed by atoms with van der Waals surface area (Å²) in [6.45, 7) is 0. The molecule has 0 bridgehead atoms.